The van der Waals surface area contributed by atoms with E-state index in [4.69, 9.17) is 9.32 Å². The van der Waals surface area contributed by atoms with Gasteiger partial charge in [0.15, 0.2) is 0 Å². The summed E-state index contributed by atoms with van der Waals surface area (Å²) in [4.78, 5) is 0. The summed E-state index contributed by atoms with van der Waals surface area (Å²) >= 11 is -0.417. The molecular formula is C22H48ClNO2. The Morgan fingerprint density at radius 1 is 0.500 bits per heavy atom. The fourth-order valence-corrected chi connectivity index (χ4v) is 3.46. The van der Waals surface area contributed by atoms with Crippen molar-refractivity contribution in [3.8, 4) is 0 Å². The number of hydrogen-bond donors (Lipinski definition) is 0. The third kappa shape index (κ3) is 26.4. The lowest BCUT2D eigenvalue weighted by Crippen LogP contribution is -2.41. The molecule has 0 bridgehead atoms. The SMILES string of the molecule is CCCCCCCCCC[N+](C)(C)CCCCCCCCCC.[O-][Cl+][O-]. The van der Waals surface area contributed by atoms with Crippen LogP contribution >= 0.6 is 0 Å². The molecule has 0 fully saturated rings. The molecule has 0 rings (SSSR count). The van der Waals surface area contributed by atoms with Gasteiger partial charge in [-0.25, -0.2) is 0 Å². The summed E-state index contributed by atoms with van der Waals surface area (Å²) in [6, 6.07) is 0. The first-order chi connectivity index (χ1) is 12.5. The molecule has 0 aliphatic heterocycles. The van der Waals surface area contributed by atoms with Gasteiger partial charge < -0.3 is 13.8 Å². The van der Waals surface area contributed by atoms with Crippen LogP contribution in [0.2, 0.25) is 0 Å². The van der Waals surface area contributed by atoms with Gasteiger partial charge in [0.25, 0.3) is 0 Å². The lowest BCUT2D eigenvalue weighted by Gasteiger charge is -2.30. The fraction of sp³-hybridized carbons (Fsp3) is 1.00. The Bertz CT molecular complexity index is 228. The van der Waals surface area contributed by atoms with E-state index in [1.807, 2.05) is 0 Å². The number of hydrogen-bond acceptors (Lipinski definition) is 2. The van der Waals surface area contributed by atoms with Crippen LogP contribution in [0.1, 0.15) is 117 Å². The van der Waals surface area contributed by atoms with Gasteiger partial charge >= 0.3 is 0 Å². The van der Waals surface area contributed by atoms with Crippen LogP contribution in [0.3, 0.4) is 0 Å². The van der Waals surface area contributed by atoms with Gasteiger partial charge in [-0.1, -0.05) is 90.9 Å². The standard InChI is InChI=1S/C22H48N.ClO2/c1-5-7-9-11-13-15-17-19-21-23(3,4)22-20-18-16-14-12-10-8-6-2;2-1-3/h5-22H2,1-4H3;/q+1;-1. The van der Waals surface area contributed by atoms with Gasteiger partial charge in [0.1, 0.15) is 0 Å². The fourth-order valence-electron chi connectivity index (χ4n) is 3.46. The Morgan fingerprint density at radius 3 is 1.00 bits per heavy atom. The maximum Gasteiger partial charge on any atom is 0.0878 e. The van der Waals surface area contributed by atoms with Crippen LogP contribution in [0, 0.1) is 11.3 Å². The summed E-state index contributed by atoms with van der Waals surface area (Å²) in [6.45, 7) is 7.36. The summed E-state index contributed by atoms with van der Waals surface area (Å²) in [5.41, 5.74) is 0. The highest BCUT2D eigenvalue weighted by Crippen LogP contribution is 2.13. The van der Waals surface area contributed by atoms with Gasteiger partial charge in [0, 0.05) is 0 Å². The third-order valence-corrected chi connectivity index (χ3v) is 5.23. The third-order valence-electron chi connectivity index (χ3n) is 5.23. The molecule has 0 spiro atoms. The molecule has 0 atom stereocenters. The largest absolute Gasteiger partial charge is 0.544 e. The first-order valence-corrected chi connectivity index (χ1v) is 11.9. The molecule has 0 unspecified atom stereocenters. The average molecular weight is 394 g/mol. The maximum atomic E-state index is 8.24. The van der Waals surface area contributed by atoms with Gasteiger partial charge in [-0.05, 0) is 25.7 Å². The normalized spacial score (nSPS) is 11.3. The highest BCUT2D eigenvalue weighted by Gasteiger charge is 2.13. The van der Waals surface area contributed by atoms with Crippen molar-refractivity contribution in [1.82, 2.24) is 0 Å². The van der Waals surface area contributed by atoms with Crippen LogP contribution in [0.5, 0.6) is 0 Å². The minimum Gasteiger partial charge on any atom is -0.544 e. The van der Waals surface area contributed by atoms with E-state index in [0.29, 0.717) is 0 Å². The molecular weight excluding hydrogens is 346 g/mol. The number of quaternary nitrogens is 1. The van der Waals surface area contributed by atoms with Crippen LogP contribution < -0.4 is 9.32 Å². The molecule has 0 amide bonds. The Morgan fingerprint density at radius 2 is 0.731 bits per heavy atom. The molecule has 0 saturated carbocycles. The predicted octanol–water partition coefficient (Wildman–Crippen LogP) is 4.97. The zero-order valence-corrected chi connectivity index (χ0v) is 19.1. The number of halogens is 1. The van der Waals surface area contributed by atoms with Crippen molar-refractivity contribution in [2.45, 2.75) is 117 Å². The summed E-state index contributed by atoms with van der Waals surface area (Å²) < 4.78 is 17.7. The van der Waals surface area contributed by atoms with Crippen molar-refractivity contribution in [1.29, 1.82) is 0 Å². The van der Waals surface area contributed by atoms with E-state index in [1.165, 1.54) is 120 Å². The molecule has 0 radical (unpaired) electrons. The number of rotatable bonds is 18. The predicted molar refractivity (Wildman–Crippen MR) is 107 cm³/mol. The van der Waals surface area contributed by atoms with Crippen LogP contribution in [-0.2, 0) is 0 Å². The van der Waals surface area contributed by atoms with Crippen molar-refractivity contribution in [3.05, 3.63) is 0 Å². The summed E-state index contributed by atoms with van der Waals surface area (Å²) in [5, 5.41) is 0. The molecule has 0 aromatic heterocycles. The van der Waals surface area contributed by atoms with Crippen LogP contribution in [0.15, 0.2) is 0 Å². The second-order valence-corrected chi connectivity index (χ2v) is 8.52. The van der Waals surface area contributed by atoms with Crippen molar-refractivity contribution >= 4 is 0 Å². The van der Waals surface area contributed by atoms with E-state index in [-0.39, 0.29) is 0 Å². The van der Waals surface area contributed by atoms with Gasteiger partial charge in [-0.2, -0.15) is 0 Å². The molecule has 0 N–H and O–H groups in total. The molecule has 0 heterocycles. The van der Waals surface area contributed by atoms with Crippen LogP contribution in [0.25, 0.3) is 0 Å². The van der Waals surface area contributed by atoms with E-state index >= 15 is 0 Å². The van der Waals surface area contributed by atoms with Crippen molar-refractivity contribution in [2.75, 3.05) is 27.2 Å². The van der Waals surface area contributed by atoms with Crippen molar-refractivity contribution in [2.24, 2.45) is 0 Å². The zero-order valence-electron chi connectivity index (χ0n) is 18.4. The van der Waals surface area contributed by atoms with E-state index in [9.17, 15) is 0 Å². The molecule has 160 valence electrons. The molecule has 0 aliphatic rings. The number of unbranched alkanes of at least 4 members (excludes halogenated alkanes) is 14. The van der Waals surface area contributed by atoms with E-state index < -0.39 is 11.3 Å². The van der Waals surface area contributed by atoms with E-state index in [0.717, 1.165) is 0 Å². The average Bonchev–Trinajstić information content (AvgIpc) is 2.60. The molecule has 0 saturated heterocycles. The maximum absolute atomic E-state index is 8.24. The smallest absolute Gasteiger partial charge is 0.0878 e. The van der Waals surface area contributed by atoms with E-state index in [2.05, 4.69) is 27.9 Å². The Balaban J connectivity index is 0. The van der Waals surface area contributed by atoms with Crippen LogP contribution in [-0.4, -0.2) is 31.7 Å². The highest BCUT2D eigenvalue weighted by molar-refractivity contribution is 4.48. The molecule has 3 nitrogen and oxygen atoms in total. The summed E-state index contributed by atoms with van der Waals surface area (Å²) in [6.07, 6.45) is 23.0. The first kappa shape index (κ1) is 28.4. The minimum atomic E-state index is -0.417. The Hall–Kier alpha value is 0.170. The Labute approximate surface area is 169 Å². The molecule has 0 aromatic carbocycles. The topological polar surface area (TPSA) is 46.1 Å². The van der Waals surface area contributed by atoms with Crippen LogP contribution in [0.4, 0.5) is 0 Å². The molecule has 4 heteroatoms. The summed E-state index contributed by atoms with van der Waals surface area (Å²) in [7, 11) is 4.87. The first-order valence-electron chi connectivity index (χ1n) is 11.2. The van der Waals surface area contributed by atoms with Gasteiger partial charge in [0.05, 0.1) is 38.5 Å². The van der Waals surface area contributed by atoms with Gasteiger partial charge in [-0.3, -0.25) is 0 Å². The highest BCUT2D eigenvalue weighted by atomic mass is 35.6. The van der Waals surface area contributed by atoms with Gasteiger partial charge in [0.2, 0.25) is 0 Å². The lowest BCUT2D eigenvalue weighted by molar-refractivity contribution is -1.41. The van der Waals surface area contributed by atoms with Crippen molar-refractivity contribution in [3.63, 3.8) is 0 Å². The zero-order chi connectivity index (χ0) is 19.9. The summed E-state index contributed by atoms with van der Waals surface area (Å²) in [5.74, 6) is 0. The molecule has 0 aliphatic carbocycles. The molecule has 0 aromatic rings. The quantitative estimate of drug-likeness (QED) is 0.244. The molecule has 26 heavy (non-hydrogen) atoms. The lowest BCUT2D eigenvalue weighted by atomic mass is 10.1. The monoisotopic (exact) mass is 393 g/mol. The van der Waals surface area contributed by atoms with E-state index in [1.54, 1.807) is 0 Å². The minimum absolute atomic E-state index is 0.417. The second kappa shape index (κ2) is 23.2. The Kier molecular flexibility index (Phi) is 25.3. The second-order valence-electron chi connectivity index (χ2n) is 8.40. The van der Waals surface area contributed by atoms with Crippen molar-refractivity contribution < 1.29 is 25.1 Å². The van der Waals surface area contributed by atoms with Gasteiger partial charge in [-0.15, -0.1) is 0 Å². The number of nitrogens with zero attached hydrogens (tertiary/aromatic N) is 1.